The maximum absolute atomic E-state index is 9.87. The first kappa shape index (κ1) is 15.1. The zero-order chi connectivity index (χ0) is 10.9. The lowest BCUT2D eigenvalue weighted by Gasteiger charge is -1.89. The lowest BCUT2D eigenvalue weighted by molar-refractivity contribution is -0.137. The van der Waals surface area contributed by atoms with Crippen molar-refractivity contribution in [3.05, 3.63) is 0 Å². The van der Waals surface area contributed by atoms with Crippen molar-refractivity contribution >= 4 is 13.8 Å². The fourth-order valence-corrected chi connectivity index (χ4v) is 0.526. The summed E-state index contributed by atoms with van der Waals surface area (Å²) in [5.74, 6) is -0.682. The quantitative estimate of drug-likeness (QED) is 0.405. The van der Waals surface area contributed by atoms with E-state index in [0.717, 1.165) is 19.3 Å². The number of hydrogen-bond donors (Lipinski definition) is 4. The fraction of sp³-hybridized carbons (Fsp3) is 0.833. The Kier molecular flexibility index (Phi) is 9.50. The summed E-state index contributed by atoms with van der Waals surface area (Å²) in [5, 5.41) is 8.14. The molecule has 0 amide bonds. The Morgan fingerprint density at radius 3 is 1.85 bits per heavy atom. The topological polar surface area (TPSA) is 115 Å². The summed E-state index contributed by atoms with van der Waals surface area (Å²) in [5.41, 5.74) is 0. The normalized spacial score (nSPS) is 10.2. The van der Waals surface area contributed by atoms with E-state index in [0.29, 0.717) is 6.42 Å². The van der Waals surface area contributed by atoms with Crippen LogP contribution < -0.4 is 0 Å². The first-order valence-electron chi connectivity index (χ1n) is 3.77. The lowest BCUT2D eigenvalue weighted by atomic mass is 10.2. The average molecular weight is 214 g/mol. The summed E-state index contributed by atoms with van der Waals surface area (Å²) in [4.78, 5) is 31.4. The zero-order valence-corrected chi connectivity index (χ0v) is 8.28. The van der Waals surface area contributed by atoms with Crippen molar-refractivity contribution in [1.29, 1.82) is 0 Å². The molecule has 6 nitrogen and oxygen atoms in total. The molecule has 0 fully saturated rings. The van der Waals surface area contributed by atoms with Gasteiger partial charge in [0.2, 0.25) is 0 Å². The third-order valence-electron chi connectivity index (χ3n) is 0.994. The van der Waals surface area contributed by atoms with E-state index < -0.39 is 13.8 Å². The molecule has 0 spiro atoms. The van der Waals surface area contributed by atoms with Crippen LogP contribution in [0.4, 0.5) is 0 Å². The van der Waals surface area contributed by atoms with Gasteiger partial charge in [0.25, 0.3) is 0 Å². The zero-order valence-electron chi connectivity index (χ0n) is 7.38. The molecule has 0 unspecified atom stereocenters. The highest BCUT2D eigenvalue weighted by Gasteiger charge is 2.00. The van der Waals surface area contributed by atoms with Gasteiger partial charge in [-0.2, -0.15) is 0 Å². The van der Waals surface area contributed by atoms with Crippen LogP contribution in [0, 0.1) is 0 Å². The predicted octanol–water partition coefficient (Wildman–Crippen LogP) is 0.723. The summed E-state index contributed by atoms with van der Waals surface area (Å²) >= 11 is 0. The summed E-state index contributed by atoms with van der Waals surface area (Å²) in [6.07, 6.45) is 3.28. The van der Waals surface area contributed by atoms with Gasteiger partial charge in [-0.25, -0.2) is 4.57 Å². The smallest absolute Gasteiger partial charge is 0.466 e. The first-order valence-corrected chi connectivity index (χ1v) is 5.34. The van der Waals surface area contributed by atoms with Gasteiger partial charge in [-0.1, -0.05) is 19.8 Å². The Morgan fingerprint density at radius 1 is 1.23 bits per heavy atom. The molecule has 0 aliphatic carbocycles. The molecule has 4 N–H and O–H groups in total. The van der Waals surface area contributed by atoms with Crippen LogP contribution in [-0.2, 0) is 9.36 Å². The van der Waals surface area contributed by atoms with Gasteiger partial charge >= 0.3 is 13.8 Å². The van der Waals surface area contributed by atoms with E-state index >= 15 is 0 Å². The van der Waals surface area contributed by atoms with Gasteiger partial charge in [-0.05, 0) is 6.42 Å². The molecule has 0 aromatic heterocycles. The first-order chi connectivity index (χ1) is 5.77. The van der Waals surface area contributed by atoms with Crippen molar-refractivity contribution in [2.75, 3.05) is 0 Å². The van der Waals surface area contributed by atoms with Gasteiger partial charge in [-0.3, -0.25) is 4.79 Å². The van der Waals surface area contributed by atoms with Gasteiger partial charge in [0.1, 0.15) is 0 Å². The number of carbonyl (C=O) groups is 1. The minimum atomic E-state index is -4.64. The molecule has 7 heteroatoms. The Bertz CT molecular complexity index is 166. The van der Waals surface area contributed by atoms with Crippen LogP contribution in [0.5, 0.6) is 0 Å². The fourth-order valence-electron chi connectivity index (χ4n) is 0.526. The largest absolute Gasteiger partial charge is 0.481 e. The molecular formula is C6H15O6P. The number of hydrogen-bond acceptors (Lipinski definition) is 2. The Labute approximate surface area is 76.5 Å². The molecule has 0 saturated carbocycles. The molecule has 0 aliphatic rings. The Balaban J connectivity index is 0. The molecule has 0 radical (unpaired) electrons. The van der Waals surface area contributed by atoms with Crippen molar-refractivity contribution < 1.29 is 29.1 Å². The van der Waals surface area contributed by atoms with Gasteiger partial charge in [0.15, 0.2) is 0 Å². The van der Waals surface area contributed by atoms with Crippen LogP contribution in [-0.4, -0.2) is 25.8 Å². The summed E-state index contributed by atoms with van der Waals surface area (Å²) in [6.45, 7) is 2.06. The highest BCUT2D eigenvalue weighted by molar-refractivity contribution is 7.45. The minimum absolute atomic E-state index is 0.327. The maximum atomic E-state index is 9.87. The van der Waals surface area contributed by atoms with Crippen LogP contribution in [0.25, 0.3) is 0 Å². The van der Waals surface area contributed by atoms with Gasteiger partial charge < -0.3 is 19.8 Å². The van der Waals surface area contributed by atoms with Crippen LogP contribution in [0.2, 0.25) is 0 Å². The van der Waals surface area contributed by atoms with Crippen molar-refractivity contribution in [2.45, 2.75) is 32.6 Å². The van der Waals surface area contributed by atoms with E-state index in [2.05, 4.69) is 6.92 Å². The highest BCUT2D eigenvalue weighted by atomic mass is 31.2. The van der Waals surface area contributed by atoms with Crippen molar-refractivity contribution in [2.24, 2.45) is 0 Å². The third kappa shape index (κ3) is 50.7. The van der Waals surface area contributed by atoms with Crippen LogP contribution in [0.3, 0.4) is 0 Å². The van der Waals surface area contributed by atoms with E-state index in [1.807, 2.05) is 0 Å². The molecule has 0 atom stereocenters. The molecule has 13 heavy (non-hydrogen) atoms. The van der Waals surface area contributed by atoms with Gasteiger partial charge in [0, 0.05) is 6.42 Å². The van der Waals surface area contributed by atoms with Crippen LogP contribution in [0.15, 0.2) is 0 Å². The molecule has 0 bridgehead atoms. The van der Waals surface area contributed by atoms with Gasteiger partial charge in [0.05, 0.1) is 0 Å². The van der Waals surface area contributed by atoms with Crippen molar-refractivity contribution in [3.8, 4) is 0 Å². The van der Waals surface area contributed by atoms with Crippen molar-refractivity contribution in [1.82, 2.24) is 0 Å². The molecule has 0 aromatic rings. The number of unbranched alkanes of at least 4 members (excludes halogenated alkanes) is 2. The monoisotopic (exact) mass is 214 g/mol. The van der Waals surface area contributed by atoms with Crippen LogP contribution >= 0.6 is 7.82 Å². The number of carboxylic acids is 1. The molecule has 80 valence electrons. The molecule has 0 aliphatic heterocycles. The SMILES string of the molecule is CCCCCC(=O)O.O=P(O)(O)O. The second-order valence-electron chi connectivity index (χ2n) is 2.36. The molecule has 0 rings (SSSR count). The Hall–Kier alpha value is -0.420. The molecule has 0 saturated heterocycles. The average Bonchev–Trinajstić information content (AvgIpc) is 1.83. The number of rotatable bonds is 4. The number of phosphoric acid groups is 1. The summed E-state index contributed by atoms with van der Waals surface area (Å²) in [6, 6.07) is 0. The van der Waals surface area contributed by atoms with E-state index in [1.54, 1.807) is 0 Å². The third-order valence-corrected chi connectivity index (χ3v) is 0.994. The standard InChI is InChI=1S/C6H12O2.H3O4P/c1-2-3-4-5-6(7)8;1-5(2,3)4/h2-5H2,1H3,(H,7,8);(H3,1,2,3,4). The molecule has 0 heterocycles. The Morgan fingerprint density at radius 2 is 1.62 bits per heavy atom. The van der Waals surface area contributed by atoms with E-state index in [1.165, 1.54) is 0 Å². The lowest BCUT2D eigenvalue weighted by Crippen LogP contribution is -1.92. The van der Waals surface area contributed by atoms with Crippen molar-refractivity contribution in [3.63, 3.8) is 0 Å². The number of carboxylic acid groups (broad SMARTS) is 1. The molecule has 0 aromatic carbocycles. The second kappa shape index (κ2) is 8.19. The summed E-state index contributed by atoms with van der Waals surface area (Å²) in [7, 11) is -4.64. The summed E-state index contributed by atoms with van der Waals surface area (Å²) < 4.78 is 8.88. The maximum Gasteiger partial charge on any atom is 0.466 e. The highest BCUT2D eigenvalue weighted by Crippen LogP contribution is 2.25. The van der Waals surface area contributed by atoms with Crippen LogP contribution in [0.1, 0.15) is 32.6 Å². The van der Waals surface area contributed by atoms with E-state index in [4.69, 9.17) is 24.4 Å². The number of aliphatic carboxylic acids is 1. The molecular weight excluding hydrogens is 199 g/mol. The van der Waals surface area contributed by atoms with E-state index in [-0.39, 0.29) is 0 Å². The predicted molar refractivity (Wildman–Crippen MR) is 46.0 cm³/mol. The second-order valence-corrected chi connectivity index (χ2v) is 3.39. The minimum Gasteiger partial charge on any atom is -0.481 e. The van der Waals surface area contributed by atoms with Gasteiger partial charge in [-0.15, -0.1) is 0 Å². The van der Waals surface area contributed by atoms with E-state index in [9.17, 15) is 4.79 Å².